The van der Waals surface area contributed by atoms with E-state index in [2.05, 4.69) is 75.6 Å². The first-order chi connectivity index (χ1) is 10.4. The van der Waals surface area contributed by atoms with Crippen LogP contribution in [0.2, 0.25) is 0 Å². The Hall–Kier alpha value is -2.39. The summed E-state index contributed by atoms with van der Waals surface area (Å²) in [6.07, 6.45) is 0. The molecular weight excluding hydrogens is 276 g/mol. The van der Waals surface area contributed by atoms with Crippen LogP contribution in [0.1, 0.15) is 5.69 Å². The number of benzene rings is 2. The molecule has 0 unspecified atom stereocenters. The van der Waals surface area contributed by atoms with Gasteiger partial charge in [0, 0.05) is 22.0 Å². The zero-order valence-electron chi connectivity index (χ0n) is 11.4. The molecule has 0 amide bonds. The second-order valence-corrected chi connectivity index (χ2v) is 5.74. The van der Waals surface area contributed by atoms with E-state index in [1.165, 1.54) is 22.2 Å². The lowest BCUT2D eigenvalue weighted by molar-refractivity contribution is 0.822. The Labute approximate surface area is 127 Å². The highest BCUT2D eigenvalue weighted by Crippen LogP contribution is 2.28. The summed E-state index contributed by atoms with van der Waals surface area (Å²) in [5.74, 6) is 0. The van der Waals surface area contributed by atoms with Crippen LogP contribution in [0.5, 0.6) is 0 Å². The molecular formula is C18H14N2S. The molecule has 3 heteroatoms. The van der Waals surface area contributed by atoms with E-state index < -0.39 is 0 Å². The number of hydrogen-bond acceptors (Lipinski definition) is 2. The largest absolute Gasteiger partial charge is 0.334 e. The molecule has 21 heavy (non-hydrogen) atoms. The molecule has 0 saturated heterocycles. The van der Waals surface area contributed by atoms with Crippen molar-refractivity contribution in [1.29, 1.82) is 0 Å². The van der Waals surface area contributed by atoms with Gasteiger partial charge >= 0.3 is 0 Å². The predicted molar refractivity (Wildman–Crippen MR) is 88.6 cm³/mol. The average Bonchev–Trinajstić information content (AvgIpc) is 3.17. The van der Waals surface area contributed by atoms with Crippen molar-refractivity contribution in [3.8, 4) is 11.3 Å². The van der Waals surface area contributed by atoms with Crippen LogP contribution >= 0.6 is 11.3 Å². The van der Waals surface area contributed by atoms with Crippen LogP contribution in [-0.2, 0) is 6.54 Å². The molecule has 0 saturated carbocycles. The van der Waals surface area contributed by atoms with E-state index >= 15 is 0 Å². The molecule has 0 N–H and O–H groups in total. The fraction of sp³-hybridized carbons (Fsp3) is 0.0556. The molecule has 2 aromatic heterocycles. The van der Waals surface area contributed by atoms with Gasteiger partial charge in [0.1, 0.15) is 0 Å². The van der Waals surface area contributed by atoms with E-state index in [1.807, 2.05) is 5.51 Å². The maximum absolute atomic E-state index is 4.43. The molecule has 0 bridgehead atoms. The first-order valence-electron chi connectivity index (χ1n) is 6.92. The summed E-state index contributed by atoms with van der Waals surface area (Å²) in [7, 11) is 0. The van der Waals surface area contributed by atoms with Crippen molar-refractivity contribution in [2.75, 3.05) is 0 Å². The topological polar surface area (TPSA) is 17.8 Å². The molecule has 0 radical (unpaired) electrons. The van der Waals surface area contributed by atoms with E-state index in [4.69, 9.17) is 0 Å². The number of thiazole rings is 1. The smallest absolute Gasteiger partial charge is 0.0795 e. The summed E-state index contributed by atoms with van der Waals surface area (Å²) < 4.78 is 2.35. The second kappa shape index (κ2) is 5.19. The van der Waals surface area contributed by atoms with Crippen LogP contribution in [0.4, 0.5) is 0 Å². The molecule has 0 fully saturated rings. The Bertz CT molecular complexity index is 861. The molecule has 0 aliphatic rings. The predicted octanol–water partition coefficient (Wildman–Crippen LogP) is 4.81. The van der Waals surface area contributed by atoms with Gasteiger partial charge in [-0.2, -0.15) is 0 Å². The summed E-state index contributed by atoms with van der Waals surface area (Å²) in [5, 5.41) is 3.38. The number of rotatable bonds is 3. The van der Waals surface area contributed by atoms with Gasteiger partial charge in [-0.15, -0.1) is 11.3 Å². The number of para-hydroxylation sites is 1. The molecule has 0 atom stereocenters. The van der Waals surface area contributed by atoms with Crippen LogP contribution in [-0.4, -0.2) is 9.55 Å². The van der Waals surface area contributed by atoms with E-state index in [-0.39, 0.29) is 0 Å². The fourth-order valence-electron chi connectivity index (χ4n) is 2.71. The molecule has 102 valence electrons. The van der Waals surface area contributed by atoms with Gasteiger partial charge in [-0.1, -0.05) is 48.5 Å². The standard InChI is InChI=1S/C18H14N2S/c1-2-6-14(7-3-1)18-10-15-8-4-5-9-17(15)20(18)11-16-12-21-13-19-16/h1-10,12-13H,11H2. The van der Waals surface area contributed by atoms with Crippen LogP contribution in [0.15, 0.2) is 71.6 Å². The van der Waals surface area contributed by atoms with Crippen LogP contribution in [0.25, 0.3) is 22.2 Å². The normalized spacial score (nSPS) is 11.0. The van der Waals surface area contributed by atoms with E-state index in [9.17, 15) is 0 Å². The molecule has 0 spiro atoms. The summed E-state index contributed by atoms with van der Waals surface area (Å²) in [6.45, 7) is 0.807. The third-order valence-electron chi connectivity index (χ3n) is 3.68. The van der Waals surface area contributed by atoms with Crippen molar-refractivity contribution in [3.63, 3.8) is 0 Å². The molecule has 2 nitrogen and oxygen atoms in total. The zero-order chi connectivity index (χ0) is 14.1. The number of hydrogen-bond donors (Lipinski definition) is 0. The third-order valence-corrected chi connectivity index (χ3v) is 4.32. The Morgan fingerprint density at radius 2 is 1.76 bits per heavy atom. The van der Waals surface area contributed by atoms with Crippen molar-refractivity contribution in [2.24, 2.45) is 0 Å². The summed E-state index contributed by atoms with van der Waals surface area (Å²) in [5.41, 5.74) is 6.74. The van der Waals surface area contributed by atoms with E-state index in [0.717, 1.165) is 12.2 Å². The van der Waals surface area contributed by atoms with Gasteiger partial charge < -0.3 is 4.57 Å². The van der Waals surface area contributed by atoms with Crippen molar-refractivity contribution in [2.45, 2.75) is 6.54 Å². The minimum Gasteiger partial charge on any atom is -0.334 e. The lowest BCUT2D eigenvalue weighted by Gasteiger charge is -2.09. The lowest BCUT2D eigenvalue weighted by Crippen LogP contribution is -2.01. The van der Waals surface area contributed by atoms with Gasteiger partial charge in [0.15, 0.2) is 0 Å². The van der Waals surface area contributed by atoms with Gasteiger partial charge in [-0.25, -0.2) is 4.98 Å². The summed E-state index contributed by atoms with van der Waals surface area (Å²) in [6, 6.07) is 21.3. The quantitative estimate of drug-likeness (QED) is 0.529. The summed E-state index contributed by atoms with van der Waals surface area (Å²) in [4.78, 5) is 4.43. The van der Waals surface area contributed by atoms with Crippen molar-refractivity contribution in [3.05, 3.63) is 77.2 Å². The molecule has 0 aliphatic heterocycles. The molecule has 4 aromatic rings. The minimum absolute atomic E-state index is 0.807. The highest BCUT2D eigenvalue weighted by molar-refractivity contribution is 7.07. The second-order valence-electron chi connectivity index (χ2n) is 5.02. The van der Waals surface area contributed by atoms with Gasteiger partial charge in [-0.3, -0.25) is 0 Å². The molecule has 2 aromatic carbocycles. The first kappa shape index (κ1) is 12.4. The zero-order valence-corrected chi connectivity index (χ0v) is 12.3. The van der Waals surface area contributed by atoms with Gasteiger partial charge in [0.05, 0.1) is 17.7 Å². The number of fused-ring (bicyclic) bond motifs is 1. The monoisotopic (exact) mass is 290 g/mol. The Morgan fingerprint density at radius 1 is 0.952 bits per heavy atom. The minimum atomic E-state index is 0.807. The Balaban J connectivity index is 1.93. The molecule has 0 aliphatic carbocycles. The fourth-order valence-corrected chi connectivity index (χ4v) is 3.26. The summed E-state index contributed by atoms with van der Waals surface area (Å²) >= 11 is 1.64. The van der Waals surface area contributed by atoms with Crippen molar-refractivity contribution >= 4 is 22.2 Å². The maximum Gasteiger partial charge on any atom is 0.0795 e. The SMILES string of the molecule is c1ccc(-c2cc3ccccc3n2Cc2cscn2)cc1. The first-order valence-corrected chi connectivity index (χ1v) is 7.87. The molecule has 4 rings (SSSR count). The van der Waals surface area contributed by atoms with Crippen molar-refractivity contribution in [1.82, 2.24) is 9.55 Å². The van der Waals surface area contributed by atoms with E-state index in [1.54, 1.807) is 11.3 Å². The number of aromatic nitrogens is 2. The van der Waals surface area contributed by atoms with E-state index in [0.29, 0.717) is 0 Å². The molecule has 2 heterocycles. The Morgan fingerprint density at radius 3 is 2.57 bits per heavy atom. The lowest BCUT2D eigenvalue weighted by atomic mass is 10.1. The average molecular weight is 290 g/mol. The number of nitrogens with zero attached hydrogens (tertiary/aromatic N) is 2. The van der Waals surface area contributed by atoms with Gasteiger partial charge in [0.2, 0.25) is 0 Å². The van der Waals surface area contributed by atoms with Crippen LogP contribution in [0, 0.1) is 0 Å². The maximum atomic E-state index is 4.43. The Kier molecular flexibility index (Phi) is 3.05. The van der Waals surface area contributed by atoms with Crippen LogP contribution < -0.4 is 0 Å². The van der Waals surface area contributed by atoms with Crippen molar-refractivity contribution < 1.29 is 0 Å². The van der Waals surface area contributed by atoms with Gasteiger partial charge in [-0.05, 0) is 17.7 Å². The highest BCUT2D eigenvalue weighted by Gasteiger charge is 2.11. The third kappa shape index (κ3) is 2.26. The highest BCUT2D eigenvalue weighted by atomic mass is 32.1. The van der Waals surface area contributed by atoms with Gasteiger partial charge in [0.25, 0.3) is 0 Å². The van der Waals surface area contributed by atoms with Crippen LogP contribution in [0.3, 0.4) is 0 Å².